The van der Waals surface area contributed by atoms with Crippen molar-refractivity contribution in [2.24, 2.45) is 11.8 Å². The van der Waals surface area contributed by atoms with E-state index in [2.05, 4.69) is 10.6 Å². The topological polar surface area (TPSA) is 95.5 Å². The van der Waals surface area contributed by atoms with Crippen molar-refractivity contribution < 1.29 is 19.5 Å². The summed E-state index contributed by atoms with van der Waals surface area (Å²) in [4.78, 5) is 35.4. The molecule has 3 N–H and O–H groups in total. The van der Waals surface area contributed by atoms with Gasteiger partial charge in [0, 0.05) is 17.2 Å². The van der Waals surface area contributed by atoms with E-state index in [1.807, 2.05) is 12.1 Å². The summed E-state index contributed by atoms with van der Waals surface area (Å²) in [7, 11) is 0. The molecule has 0 aromatic heterocycles. The summed E-state index contributed by atoms with van der Waals surface area (Å²) in [6.07, 6.45) is 6.69. The van der Waals surface area contributed by atoms with Crippen LogP contribution in [0.25, 0.3) is 0 Å². The average molecular weight is 356 g/mol. The number of allylic oxidation sites excluding steroid dienone is 1. The molecular weight excluding hydrogens is 332 g/mol. The number of carboxylic acids is 1. The number of fused-ring (bicyclic) bond motifs is 1. The number of rotatable bonds is 5. The van der Waals surface area contributed by atoms with Crippen LogP contribution in [0, 0.1) is 11.8 Å². The van der Waals surface area contributed by atoms with Crippen LogP contribution >= 0.6 is 0 Å². The van der Waals surface area contributed by atoms with Gasteiger partial charge in [-0.3, -0.25) is 14.4 Å². The predicted octanol–water partition coefficient (Wildman–Crippen LogP) is 2.40. The molecule has 1 heterocycles. The van der Waals surface area contributed by atoms with Gasteiger partial charge in [0.1, 0.15) is 0 Å². The molecule has 2 aliphatic rings. The Morgan fingerprint density at radius 1 is 1.23 bits per heavy atom. The van der Waals surface area contributed by atoms with Crippen LogP contribution in [0.15, 0.2) is 30.4 Å². The molecular formula is C20H24N2O4. The van der Waals surface area contributed by atoms with Gasteiger partial charge in [-0.25, -0.2) is 0 Å². The smallest absolute Gasteiger partial charge is 0.304 e. The number of carboxylic acid groups (broad SMARTS) is 1. The number of piperidine rings is 1. The zero-order valence-electron chi connectivity index (χ0n) is 14.7. The molecule has 1 aliphatic heterocycles. The number of Topliss-reactive ketones (excluding diaryl/α,β-unsaturated/α-hetero) is 1. The quantitative estimate of drug-likeness (QED) is 0.704. The normalized spacial score (nSPS) is 20.8. The highest BCUT2D eigenvalue weighted by atomic mass is 16.4. The lowest BCUT2D eigenvalue weighted by molar-refractivity contribution is -0.137. The number of hydrogen-bond donors (Lipinski definition) is 3. The van der Waals surface area contributed by atoms with E-state index in [9.17, 15) is 14.4 Å². The van der Waals surface area contributed by atoms with Crippen LogP contribution in [0.5, 0.6) is 0 Å². The third-order valence-corrected chi connectivity index (χ3v) is 5.10. The average Bonchev–Trinajstić information content (AvgIpc) is 2.63. The van der Waals surface area contributed by atoms with Crippen molar-refractivity contribution in [3.05, 3.63) is 41.5 Å². The van der Waals surface area contributed by atoms with E-state index >= 15 is 0 Å². The zero-order chi connectivity index (χ0) is 18.5. The Labute approximate surface area is 152 Å². The van der Waals surface area contributed by atoms with Gasteiger partial charge in [-0.05, 0) is 74.5 Å². The number of anilines is 1. The number of amides is 1. The van der Waals surface area contributed by atoms with Gasteiger partial charge < -0.3 is 15.7 Å². The monoisotopic (exact) mass is 356 g/mol. The molecule has 0 bridgehead atoms. The van der Waals surface area contributed by atoms with E-state index in [0.717, 1.165) is 31.5 Å². The maximum absolute atomic E-state index is 12.4. The fourth-order valence-corrected chi connectivity index (χ4v) is 3.65. The van der Waals surface area contributed by atoms with Crippen molar-refractivity contribution in [1.29, 1.82) is 0 Å². The summed E-state index contributed by atoms with van der Waals surface area (Å²) in [5, 5.41) is 15.0. The molecule has 0 radical (unpaired) electrons. The maximum Gasteiger partial charge on any atom is 0.304 e. The summed E-state index contributed by atoms with van der Waals surface area (Å²) in [6, 6.07) is 5.22. The van der Waals surface area contributed by atoms with Gasteiger partial charge in [0.05, 0.1) is 6.42 Å². The first-order valence-corrected chi connectivity index (χ1v) is 9.12. The lowest BCUT2D eigenvalue weighted by Gasteiger charge is -2.22. The number of nitrogens with one attached hydrogen (secondary N) is 2. The van der Waals surface area contributed by atoms with Crippen LogP contribution in [0.1, 0.15) is 41.6 Å². The molecule has 1 saturated heterocycles. The van der Waals surface area contributed by atoms with Gasteiger partial charge in [-0.15, -0.1) is 0 Å². The minimum atomic E-state index is -0.948. The van der Waals surface area contributed by atoms with Crippen LogP contribution in [0.2, 0.25) is 0 Å². The van der Waals surface area contributed by atoms with Gasteiger partial charge in [0.25, 0.3) is 0 Å². The van der Waals surface area contributed by atoms with Crippen molar-refractivity contribution in [3.63, 3.8) is 0 Å². The molecule has 1 atom stereocenters. The van der Waals surface area contributed by atoms with E-state index in [-0.39, 0.29) is 18.1 Å². The number of aryl methyl sites for hydroxylation is 1. The second-order valence-corrected chi connectivity index (χ2v) is 7.01. The third kappa shape index (κ3) is 4.58. The first-order chi connectivity index (χ1) is 12.5. The number of benzene rings is 1. The van der Waals surface area contributed by atoms with E-state index in [1.165, 1.54) is 0 Å². The summed E-state index contributed by atoms with van der Waals surface area (Å²) in [5.41, 5.74) is 2.11. The van der Waals surface area contributed by atoms with E-state index in [0.29, 0.717) is 30.0 Å². The molecule has 1 amide bonds. The van der Waals surface area contributed by atoms with Crippen LogP contribution < -0.4 is 10.6 Å². The van der Waals surface area contributed by atoms with Crippen molar-refractivity contribution >= 4 is 23.3 Å². The molecule has 0 saturated carbocycles. The van der Waals surface area contributed by atoms with Crippen LogP contribution in [0.4, 0.5) is 5.69 Å². The molecule has 6 heteroatoms. The highest BCUT2D eigenvalue weighted by Crippen LogP contribution is 2.29. The van der Waals surface area contributed by atoms with Crippen LogP contribution in [-0.2, 0) is 16.0 Å². The second-order valence-electron chi connectivity index (χ2n) is 7.01. The standard InChI is InChI=1S/C20H24N2O4/c23-18(6-1-13-7-9-21-10-8-13)22-16-4-5-17-14(11-16)2-3-15(20(17)26)12-19(24)25/h1,4-6,11,13,15,21H,2-3,7-10,12H2,(H,22,23)(H,24,25). The van der Waals surface area contributed by atoms with E-state index < -0.39 is 11.9 Å². The Morgan fingerprint density at radius 3 is 2.73 bits per heavy atom. The largest absolute Gasteiger partial charge is 0.481 e. The van der Waals surface area contributed by atoms with Crippen molar-refractivity contribution in [1.82, 2.24) is 5.32 Å². The number of ketones is 1. The molecule has 1 aromatic carbocycles. The first-order valence-electron chi connectivity index (χ1n) is 9.12. The Bertz CT molecular complexity index is 735. The van der Waals surface area contributed by atoms with Gasteiger partial charge in [-0.2, -0.15) is 0 Å². The molecule has 1 aliphatic carbocycles. The molecule has 138 valence electrons. The fraction of sp³-hybridized carbons (Fsp3) is 0.450. The minimum absolute atomic E-state index is 0.114. The van der Waals surface area contributed by atoms with Crippen LogP contribution in [0.3, 0.4) is 0 Å². The summed E-state index contributed by atoms with van der Waals surface area (Å²) in [5.74, 6) is -1.24. The second kappa shape index (κ2) is 8.27. The number of hydrogen-bond acceptors (Lipinski definition) is 4. The summed E-state index contributed by atoms with van der Waals surface area (Å²) in [6.45, 7) is 1.97. The maximum atomic E-state index is 12.4. The highest BCUT2D eigenvalue weighted by Gasteiger charge is 2.29. The molecule has 26 heavy (non-hydrogen) atoms. The third-order valence-electron chi connectivity index (χ3n) is 5.10. The van der Waals surface area contributed by atoms with Crippen molar-refractivity contribution in [3.8, 4) is 0 Å². The molecule has 6 nitrogen and oxygen atoms in total. The predicted molar refractivity (Wildman–Crippen MR) is 98.2 cm³/mol. The zero-order valence-corrected chi connectivity index (χ0v) is 14.7. The Kier molecular flexibility index (Phi) is 5.83. The lowest BCUT2D eigenvalue weighted by atomic mass is 9.81. The molecule has 1 unspecified atom stereocenters. The first kappa shape index (κ1) is 18.3. The van der Waals surface area contributed by atoms with Gasteiger partial charge >= 0.3 is 5.97 Å². The van der Waals surface area contributed by atoms with Crippen molar-refractivity contribution in [2.75, 3.05) is 18.4 Å². The number of aliphatic carboxylic acids is 1. The van der Waals surface area contributed by atoms with Crippen molar-refractivity contribution in [2.45, 2.75) is 32.1 Å². The van der Waals surface area contributed by atoms with Crippen LogP contribution in [-0.4, -0.2) is 35.9 Å². The Hall–Kier alpha value is -2.47. The highest BCUT2D eigenvalue weighted by molar-refractivity contribution is 6.03. The molecule has 1 aromatic rings. The fourth-order valence-electron chi connectivity index (χ4n) is 3.65. The Balaban J connectivity index is 1.62. The number of carbonyl (C=O) groups excluding carboxylic acids is 2. The molecule has 1 fully saturated rings. The molecule has 3 rings (SSSR count). The molecule has 0 spiro atoms. The minimum Gasteiger partial charge on any atom is -0.481 e. The van der Waals surface area contributed by atoms with E-state index in [1.54, 1.807) is 18.2 Å². The Morgan fingerprint density at radius 2 is 2.00 bits per heavy atom. The van der Waals surface area contributed by atoms with Gasteiger partial charge in [0.15, 0.2) is 5.78 Å². The van der Waals surface area contributed by atoms with E-state index in [4.69, 9.17) is 5.11 Å². The van der Waals surface area contributed by atoms with Gasteiger partial charge in [0.2, 0.25) is 5.91 Å². The number of carbonyl (C=O) groups is 3. The SMILES string of the molecule is O=C(O)CC1CCc2cc(NC(=O)C=CC3CCNCC3)ccc2C1=O. The summed E-state index contributed by atoms with van der Waals surface area (Å²) < 4.78 is 0. The van der Waals surface area contributed by atoms with Gasteiger partial charge in [-0.1, -0.05) is 6.08 Å². The lowest BCUT2D eigenvalue weighted by Crippen LogP contribution is -2.27. The summed E-state index contributed by atoms with van der Waals surface area (Å²) >= 11 is 0.